The van der Waals surface area contributed by atoms with E-state index in [1.165, 1.54) is 5.56 Å². The maximum Gasteiger partial charge on any atom is 0.255 e. The fraction of sp³-hybridized carbons (Fsp3) is 0.370. The van der Waals surface area contributed by atoms with Crippen molar-refractivity contribution in [1.29, 1.82) is 0 Å². The van der Waals surface area contributed by atoms with E-state index in [2.05, 4.69) is 33.7 Å². The van der Waals surface area contributed by atoms with E-state index in [0.29, 0.717) is 13.2 Å². The molecule has 0 bridgehead atoms. The molecule has 6 heteroatoms. The molecule has 2 aliphatic rings. The zero-order chi connectivity index (χ0) is 22.8. The number of nitrogens with zero attached hydrogens (tertiary/aromatic N) is 3. The lowest BCUT2D eigenvalue weighted by Crippen LogP contribution is -2.35. The van der Waals surface area contributed by atoms with Crippen molar-refractivity contribution < 1.29 is 14.3 Å². The highest BCUT2D eigenvalue weighted by molar-refractivity contribution is 5.96. The molecule has 1 amide bonds. The molecule has 0 saturated carbocycles. The minimum Gasteiger partial charge on any atom is -0.486 e. The Morgan fingerprint density at radius 3 is 2.48 bits per heavy atom. The van der Waals surface area contributed by atoms with Crippen molar-refractivity contribution in [3.05, 3.63) is 77.1 Å². The van der Waals surface area contributed by atoms with Gasteiger partial charge in [-0.3, -0.25) is 9.69 Å². The molecule has 2 aliphatic heterocycles. The van der Waals surface area contributed by atoms with E-state index in [1.807, 2.05) is 49.1 Å². The van der Waals surface area contributed by atoms with Crippen molar-refractivity contribution >= 4 is 5.91 Å². The standard InChI is InChI=1S/C27H31N3O3/c1-20-17-24(21(2)30(20)23-9-10-25-26(18-23)33-16-15-32-25)27(31)29-12-6-11-28(13-14-29)19-22-7-4-3-5-8-22/h3-5,7-10,17-18H,6,11-16,19H2,1-2H3. The largest absolute Gasteiger partial charge is 0.486 e. The van der Waals surface area contributed by atoms with Crippen LogP contribution in [0.1, 0.15) is 33.7 Å². The number of fused-ring (bicyclic) bond motifs is 1. The van der Waals surface area contributed by atoms with E-state index < -0.39 is 0 Å². The molecule has 0 radical (unpaired) electrons. The van der Waals surface area contributed by atoms with Crippen molar-refractivity contribution in [2.45, 2.75) is 26.8 Å². The number of amides is 1. The van der Waals surface area contributed by atoms with Gasteiger partial charge < -0.3 is 18.9 Å². The third-order valence-electron chi connectivity index (χ3n) is 6.57. The first-order valence-electron chi connectivity index (χ1n) is 11.7. The van der Waals surface area contributed by atoms with Crippen molar-refractivity contribution in [2.24, 2.45) is 0 Å². The summed E-state index contributed by atoms with van der Waals surface area (Å²) in [7, 11) is 0. The van der Waals surface area contributed by atoms with Crippen LogP contribution < -0.4 is 9.47 Å². The molecule has 3 aromatic rings. The summed E-state index contributed by atoms with van der Waals surface area (Å²) in [4.78, 5) is 18.0. The average Bonchev–Trinajstić information content (AvgIpc) is 2.99. The zero-order valence-electron chi connectivity index (χ0n) is 19.4. The van der Waals surface area contributed by atoms with Gasteiger partial charge in [0.05, 0.1) is 5.56 Å². The number of benzene rings is 2. The highest BCUT2D eigenvalue weighted by Crippen LogP contribution is 2.33. The van der Waals surface area contributed by atoms with Gasteiger partial charge in [-0.1, -0.05) is 30.3 Å². The number of aromatic nitrogens is 1. The lowest BCUT2D eigenvalue weighted by atomic mass is 10.2. The van der Waals surface area contributed by atoms with E-state index in [9.17, 15) is 4.79 Å². The number of carbonyl (C=O) groups excluding carboxylic acids is 1. The van der Waals surface area contributed by atoms with Crippen LogP contribution in [0.3, 0.4) is 0 Å². The first-order valence-corrected chi connectivity index (χ1v) is 11.7. The van der Waals surface area contributed by atoms with Crippen LogP contribution in [-0.4, -0.2) is 59.7 Å². The van der Waals surface area contributed by atoms with Crippen LogP contribution in [0, 0.1) is 13.8 Å². The predicted molar refractivity (Wildman–Crippen MR) is 128 cm³/mol. The monoisotopic (exact) mass is 445 g/mol. The van der Waals surface area contributed by atoms with Crippen LogP contribution in [0.4, 0.5) is 0 Å². The van der Waals surface area contributed by atoms with Crippen molar-refractivity contribution in [2.75, 3.05) is 39.4 Å². The van der Waals surface area contributed by atoms with E-state index in [4.69, 9.17) is 9.47 Å². The molecule has 5 rings (SSSR count). The first kappa shape index (κ1) is 21.6. The van der Waals surface area contributed by atoms with Crippen molar-refractivity contribution in [3.8, 4) is 17.2 Å². The van der Waals surface area contributed by atoms with Gasteiger partial charge in [0.25, 0.3) is 5.91 Å². The summed E-state index contributed by atoms with van der Waals surface area (Å²) in [6.45, 7) is 9.57. The first-order chi connectivity index (χ1) is 16.1. The molecule has 0 N–H and O–H groups in total. The molecular formula is C27H31N3O3. The van der Waals surface area contributed by atoms with E-state index in [-0.39, 0.29) is 5.91 Å². The zero-order valence-corrected chi connectivity index (χ0v) is 19.4. The van der Waals surface area contributed by atoms with E-state index in [0.717, 1.165) is 73.3 Å². The fourth-order valence-corrected chi connectivity index (χ4v) is 4.89. The van der Waals surface area contributed by atoms with Gasteiger partial charge in [0, 0.05) is 55.9 Å². The maximum absolute atomic E-state index is 13.5. The molecule has 6 nitrogen and oxygen atoms in total. The summed E-state index contributed by atoms with van der Waals surface area (Å²) in [6.07, 6.45) is 0.986. The number of ether oxygens (including phenoxy) is 2. The average molecular weight is 446 g/mol. The van der Waals surface area contributed by atoms with Crippen LogP contribution >= 0.6 is 0 Å². The summed E-state index contributed by atoms with van der Waals surface area (Å²) in [5.74, 6) is 1.65. The number of carbonyl (C=O) groups is 1. The molecule has 0 atom stereocenters. The van der Waals surface area contributed by atoms with Gasteiger partial charge in [0.2, 0.25) is 0 Å². The van der Waals surface area contributed by atoms with Gasteiger partial charge in [-0.25, -0.2) is 0 Å². The smallest absolute Gasteiger partial charge is 0.255 e. The molecule has 3 heterocycles. The Hall–Kier alpha value is -3.25. The molecular weight excluding hydrogens is 414 g/mol. The van der Waals surface area contributed by atoms with Crippen LogP contribution in [0.5, 0.6) is 11.5 Å². The lowest BCUT2D eigenvalue weighted by molar-refractivity contribution is 0.0760. The summed E-state index contributed by atoms with van der Waals surface area (Å²) in [5.41, 5.74) is 5.07. The minimum atomic E-state index is 0.119. The third kappa shape index (κ3) is 4.48. The van der Waals surface area contributed by atoms with Gasteiger partial charge in [0.1, 0.15) is 13.2 Å². The van der Waals surface area contributed by atoms with Gasteiger partial charge in [-0.05, 0) is 44.0 Å². The molecule has 33 heavy (non-hydrogen) atoms. The van der Waals surface area contributed by atoms with Gasteiger partial charge >= 0.3 is 0 Å². The topological polar surface area (TPSA) is 46.9 Å². The Morgan fingerprint density at radius 1 is 0.879 bits per heavy atom. The van der Waals surface area contributed by atoms with Crippen molar-refractivity contribution in [3.63, 3.8) is 0 Å². The van der Waals surface area contributed by atoms with Gasteiger partial charge in [-0.15, -0.1) is 0 Å². The normalized spacial score (nSPS) is 16.5. The summed E-state index contributed by atoms with van der Waals surface area (Å²) in [5, 5.41) is 0. The summed E-state index contributed by atoms with van der Waals surface area (Å²) < 4.78 is 13.5. The van der Waals surface area contributed by atoms with Crippen LogP contribution in [0.15, 0.2) is 54.6 Å². The number of hydrogen-bond acceptors (Lipinski definition) is 4. The number of rotatable bonds is 4. The molecule has 0 aliphatic carbocycles. The van der Waals surface area contributed by atoms with Crippen LogP contribution in [-0.2, 0) is 6.54 Å². The fourth-order valence-electron chi connectivity index (χ4n) is 4.89. The molecule has 172 valence electrons. The molecule has 1 aromatic heterocycles. The molecule has 1 fully saturated rings. The molecule has 0 unspecified atom stereocenters. The van der Waals surface area contributed by atoms with Gasteiger partial charge in [-0.2, -0.15) is 0 Å². The Morgan fingerprint density at radius 2 is 1.67 bits per heavy atom. The number of hydrogen-bond donors (Lipinski definition) is 0. The highest BCUT2D eigenvalue weighted by Gasteiger charge is 2.25. The molecule has 1 saturated heterocycles. The maximum atomic E-state index is 13.5. The van der Waals surface area contributed by atoms with Crippen molar-refractivity contribution in [1.82, 2.24) is 14.4 Å². The second-order valence-electron chi connectivity index (χ2n) is 8.86. The molecule has 0 spiro atoms. The summed E-state index contributed by atoms with van der Waals surface area (Å²) in [6, 6.07) is 18.5. The number of aryl methyl sites for hydroxylation is 1. The lowest BCUT2D eigenvalue weighted by Gasteiger charge is -2.22. The van der Waals surface area contributed by atoms with E-state index in [1.54, 1.807) is 0 Å². The highest BCUT2D eigenvalue weighted by atomic mass is 16.6. The third-order valence-corrected chi connectivity index (χ3v) is 6.57. The van der Waals surface area contributed by atoms with Crippen LogP contribution in [0.2, 0.25) is 0 Å². The molecule has 2 aromatic carbocycles. The SMILES string of the molecule is Cc1cc(C(=O)N2CCCN(Cc3ccccc3)CC2)c(C)n1-c1ccc2c(c1)OCCO2. The minimum absolute atomic E-state index is 0.119. The second kappa shape index (κ2) is 9.32. The Balaban J connectivity index is 1.32. The van der Waals surface area contributed by atoms with Gasteiger partial charge in [0.15, 0.2) is 11.5 Å². The quantitative estimate of drug-likeness (QED) is 0.604. The van der Waals surface area contributed by atoms with E-state index >= 15 is 0 Å². The Kier molecular flexibility index (Phi) is 6.09. The second-order valence-corrected chi connectivity index (χ2v) is 8.86. The summed E-state index contributed by atoms with van der Waals surface area (Å²) >= 11 is 0. The predicted octanol–water partition coefficient (Wildman–Crippen LogP) is 4.21. The Labute approximate surface area is 195 Å². The Bertz CT molecular complexity index is 1140. The van der Waals surface area contributed by atoms with Crippen LogP contribution in [0.25, 0.3) is 5.69 Å².